The molecule has 3 saturated heterocycles. The van der Waals surface area contributed by atoms with Gasteiger partial charge in [-0.25, -0.2) is 8.78 Å². The first-order valence-electron chi connectivity index (χ1n) is 13.7. The minimum absolute atomic E-state index is 0.0888. The van der Waals surface area contributed by atoms with Crippen LogP contribution in [0.3, 0.4) is 0 Å². The van der Waals surface area contributed by atoms with Gasteiger partial charge in [-0.3, -0.25) is 14.4 Å². The quantitative estimate of drug-likeness (QED) is 0.418. The summed E-state index contributed by atoms with van der Waals surface area (Å²) in [7, 11) is 0. The standard InChI is InChI=1S/C28H36ClF2N5O3/c1-16(2)11-23(34-19-7-3-6-18(29)13-19)27(39)36-21-8-9-22(28(30,31)14-21)24(36)26(38)35-20(15-32)12-17-5-4-10-33-25(17)37/h3,6-7,13,16-17,20-24,34H,4-5,8-12,14H2,1-2H3,(H,33,37)(H,35,38)/t17-,20+,21-,22-,23+,24-/m1/s1. The molecule has 6 atom stereocenters. The fraction of sp³-hybridized carbons (Fsp3) is 0.643. The lowest BCUT2D eigenvalue weighted by atomic mass is 9.71. The minimum Gasteiger partial charge on any atom is -0.374 e. The maximum absolute atomic E-state index is 15.1. The Morgan fingerprint density at radius 1 is 1.28 bits per heavy atom. The molecule has 3 N–H and O–H groups in total. The molecule has 3 heterocycles. The van der Waals surface area contributed by atoms with Gasteiger partial charge in [0.25, 0.3) is 5.92 Å². The Labute approximate surface area is 232 Å². The van der Waals surface area contributed by atoms with Crippen molar-refractivity contribution in [1.82, 2.24) is 15.5 Å². The molecular weight excluding hydrogens is 528 g/mol. The zero-order valence-corrected chi connectivity index (χ0v) is 23.0. The van der Waals surface area contributed by atoms with Crippen LogP contribution in [0.5, 0.6) is 0 Å². The highest BCUT2D eigenvalue weighted by atomic mass is 35.5. The van der Waals surface area contributed by atoms with Gasteiger partial charge in [-0.05, 0) is 62.6 Å². The van der Waals surface area contributed by atoms with Crippen LogP contribution in [0.2, 0.25) is 5.02 Å². The number of nitrogens with zero attached hydrogens (tertiary/aromatic N) is 2. The van der Waals surface area contributed by atoms with E-state index in [9.17, 15) is 19.6 Å². The summed E-state index contributed by atoms with van der Waals surface area (Å²) in [6, 6.07) is 4.91. The Morgan fingerprint density at radius 2 is 2.05 bits per heavy atom. The summed E-state index contributed by atoms with van der Waals surface area (Å²) < 4.78 is 30.3. The number of amides is 3. The van der Waals surface area contributed by atoms with Crippen molar-refractivity contribution >= 4 is 35.0 Å². The first kappa shape index (κ1) is 29.1. The van der Waals surface area contributed by atoms with Crippen molar-refractivity contribution in [2.45, 2.75) is 88.9 Å². The van der Waals surface area contributed by atoms with Gasteiger partial charge in [0.05, 0.1) is 12.0 Å². The van der Waals surface area contributed by atoms with E-state index in [0.29, 0.717) is 36.5 Å². The number of carbonyl (C=O) groups is 3. The monoisotopic (exact) mass is 563 g/mol. The fourth-order valence-corrected chi connectivity index (χ4v) is 6.41. The molecule has 2 bridgehead atoms. The van der Waals surface area contributed by atoms with E-state index in [1.807, 2.05) is 19.9 Å². The van der Waals surface area contributed by atoms with E-state index in [1.54, 1.807) is 24.3 Å². The number of fused-ring (bicyclic) bond motifs is 3. The van der Waals surface area contributed by atoms with Crippen molar-refractivity contribution in [3.8, 4) is 6.07 Å². The van der Waals surface area contributed by atoms with E-state index >= 15 is 8.78 Å². The number of halogens is 3. The van der Waals surface area contributed by atoms with Crippen LogP contribution >= 0.6 is 11.6 Å². The number of hydrogen-bond donors (Lipinski definition) is 3. The molecule has 0 unspecified atom stereocenters. The molecule has 1 aromatic rings. The molecule has 0 spiro atoms. The van der Waals surface area contributed by atoms with Gasteiger partial charge in [-0.2, -0.15) is 5.26 Å². The molecule has 1 saturated carbocycles. The van der Waals surface area contributed by atoms with Crippen LogP contribution in [-0.4, -0.2) is 59.3 Å². The van der Waals surface area contributed by atoms with E-state index in [-0.39, 0.29) is 24.7 Å². The minimum atomic E-state index is -3.11. The predicted octanol–water partition coefficient (Wildman–Crippen LogP) is 4.11. The van der Waals surface area contributed by atoms with Gasteiger partial charge in [0.15, 0.2) is 0 Å². The maximum atomic E-state index is 15.1. The first-order valence-corrected chi connectivity index (χ1v) is 14.1. The van der Waals surface area contributed by atoms with Crippen LogP contribution in [-0.2, 0) is 14.4 Å². The summed E-state index contributed by atoms with van der Waals surface area (Å²) in [6.07, 6.45) is 1.85. The van der Waals surface area contributed by atoms with Crippen LogP contribution in [0, 0.1) is 29.1 Å². The molecule has 0 radical (unpaired) electrons. The average molecular weight is 564 g/mol. The van der Waals surface area contributed by atoms with E-state index in [0.717, 1.165) is 6.42 Å². The molecular formula is C28H36ClF2N5O3. The van der Waals surface area contributed by atoms with Crippen molar-refractivity contribution < 1.29 is 23.2 Å². The van der Waals surface area contributed by atoms with E-state index in [4.69, 9.17) is 11.6 Å². The van der Waals surface area contributed by atoms with E-state index in [2.05, 4.69) is 16.0 Å². The van der Waals surface area contributed by atoms with Gasteiger partial charge in [0.1, 0.15) is 18.1 Å². The third-order valence-electron chi connectivity index (χ3n) is 8.02. The summed E-state index contributed by atoms with van der Waals surface area (Å²) in [6.45, 7) is 4.48. The number of nitriles is 1. The molecule has 39 heavy (non-hydrogen) atoms. The number of nitrogens with one attached hydrogen (secondary N) is 3. The number of carbonyl (C=O) groups excluding carboxylic acids is 3. The molecule has 4 aliphatic rings. The lowest BCUT2D eigenvalue weighted by Crippen LogP contribution is -2.70. The largest absolute Gasteiger partial charge is 0.374 e. The zero-order chi connectivity index (χ0) is 28.3. The number of hydrogen-bond acceptors (Lipinski definition) is 5. The van der Waals surface area contributed by atoms with Crippen molar-refractivity contribution in [2.24, 2.45) is 17.8 Å². The van der Waals surface area contributed by atoms with Crippen LogP contribution < -0.4 is 16.0 Å². The van der Waals surface area contributed by atoms with Crippen molar-refractivity contribution in [3.63, 3.8) is 0 Å². The highest BCUT2D eigenvalue weighted by Gasteiger charge is 2.61. The van der Waals surface area contributed by atoms with Crippen LogP contribution in [0.15, 0.2) is 24.3 Å². The highest BCUT2D eigenvalue weighted by molar-refractivity contribution is 6.30. The third-order valence-corrected chi connectivity index (χ3v) is 8.26. The number of anilines is 1. The second-order valence-corrected chi connectivity index (χ2v) is 11.8. The summed E-state index contributed by atoms with van der Waals surface area (Å²) in [5.41, 5.74) is 0.616. The molecule has 212 valence electrons. The van der Waals surface area contributed by atoms with E-state index < -0.39 is 60.2 Å². The molecule has 1 aromatic carbocycles. The first-order chi connectivity index (χ1) is 18.5. The third kappa shape index (κ3) is 6.63. The Hall–Kier alpha value is -2.93. The molecule has 5 rings (SSSR count). The summed E-state index contributed by atoms with van der Waals surface area (Å²) in [5.74, 6) is -6.18. The van der Waals surface area contributed by atoms with Gasteiger partial charge in [-0.1, -0.05) is 31.5 Å². The zero-order valence-electron chi connectivity index (χ0n) is 22.3. The molecule has 3 aliphatic heterocycles. The van der Waals surface area contributed by atoms with Crippen molar-refractivity contribution in [2.75, 3.05) is 11.9 Å². The number of alkyl halides is 2. The van der Waals surface area contributed by atoms with Crippen molar-refractivity contribution in [3.05, 3.63) is 29.3 Å². The lowest BCUT2D eigenvalue weighted by molar-refractivity contribution is -0.194. The fourth-order valence-electron chi connectivity index (χ4n) is 6.22. The SMILES string of the molecule is CC(C)C[C@H](Nc1cccc(Cl)c1)C(=O)N1[C@@H]2CC[C@H]([C@@H]1C(=O)N[C@H](C#N)C[C@H]1CCCNC1=O)C(F)(F)C2. The Morgan fingerprint density at radius 3 is 2.69 bits per heavy atom. The highest BCUT2D eigenvalue weighted by Crippen LogP contribution is 2.49. The van der Waals surface area contributed by atoms with Gasteiger partial charge in [0, 0.05) is 35.6 Å². The second-order valence-electron chi connectivity index (χ2n) is 11.4. The molecule has 0 aromatic heterocycles. The smallest absolute Gasteiger partial charge is 0.255 e. The number of piperidine rings is 3. The predicted molar refractivity (Wildman–Crippen MR) is 143 cm³/mol. The van der Waals surface area contributed by atoms with Gasteiger partial charge in [0.2, 0.25) is 17.7 Å². The lowest BCUT2D eigenvalue weighted by Gasteiger charge is -2.54. The van der Waals surface area contributed by atoms with Gasteiger partial charge >= 0.3 is 0 Å². The topological polar surface area (TPSA) is 114 Å². The van der Waals surface area contributed by atoms with Crippen LogP contribution in [0.4, 0.5) is 14.5 Å². The molecule has 1 aliphatic carbocycles. The molecule has 8 nitrogen and oxygen atoms in total. The molecule has 4 fully saturated rings. The van der Waals surface area contributed by atoms with Crippen LogP contribution in [0.1, 0.15) is 58.8 Å². The van der Waals surface area contributed by atoms with Gasteiger partial charge in [-0.15, -0.1) is 0 Å². The summed E-state index contributed by atoms with van der Waals surface area (Å²) >= 11 is 6.13. The number of benzene rings is 1. The average Bonchev–Trinajstić information content (AvgIpc) is 2.87. The second kappa shape index (κ2) is 12.1. The Kier molecular flexibility index (Phi) is 9.00. The normalized spacial score (nSPS) is 27.3. The Bertz CT molecular complexity index is 1130. The van der Waals surface area contributed by atoms with E-state index in [1.165, 1.54) is 4.90 Å². The number of rotatable bonds is 9. The summed E-state index contributed by atoms with van der Waals surface area (Å²) in [5, 5.41) is 18.8. The molecule has 11 heteroatoms. The van der Waals surface area contributed by atoms with Gasteiger partial charge < -0.3 is 20.9 Å². The van der Waals surface area contributed by atoms with Crippen molar-refractivity contribution in [1.29, 1.82) is 5.26 Å². The van der Waals surface area contributed by atoms with Crippen LogP contribution in [0.25, 0.3) is 0 Å². The molecule has 3 amide bonds. The Balaban J connectivity index is 1.58. The summed E-state index contributed by atoms with van der Waals surface area (Å²) in [4.78, 5) is 41.2. The maximum Gasteiger partial charge on any atom is 0.255 e.